The van der Waals surface area contributed by atoms with Gasteiger partial charge in [-0.15, -0.1) is 11.3 Å². The van der Waals surface area contributed by atoms with E-state index >= 15 is 0 Å². The van der Waals surface area contributed by atoms with Crippen molar-refractivity contribution in [3.63, 3.8) is 0 Å². The second kappa shape index (κ2) is 9.54. The van der Waals surface area contributed by atoms with Crippen LogP contribution in [0.5, 0.6) is 11.5 Å². The normalized spacial score (nSPS) is 10.7. The molecule has 2 heterocycles. The van der Waals surface area contributed by atoms with Gasteiger partial charge in [0.15, 0.2) is 0 Å². The van der Waals surface area contributed by atoms with Gasteiger partial charge >= 0.3 is 0 Å². The number of carbonyl (C=O) groups excluding carboxylic acids is 1. The third kappa shape index (κ3) is 4.86. The Morgan fingerprint density at radius 2 is 1.61 bits per heavy atom. The number of rotatable bonds is 7. The maximum Gasteiger partial charge on any atom is 0.259 e. The molecule has 162 valence electrons. The van der Waals surface area contributed by atoms with Crippen LogP contribution in [0.15, 0.2) is 103 Å². The zero-order valence-electron chi connectivity index (χ0n) is 17.7. The molecule has 0 saturated heterocycles. The standard InChI is InChI=1S/C27H21N3O2S/c31-27(30-20-12-14-22(15-13-20)32-21-7-2-1-3-8-21)24-10-6-16-28-26(24)29-17-19-18-33-25-11-5-4-9-23(19)25/h1-16,18H,17H2,(H,28,29)(H,30,31). The number of nitrogens with zero attached hydrogens (tertiary/aromatic N) is 1. The average molecular weight is 452 g/mol. The van der Waals surface area contributed by atoms with E-state index in [1.54, 1.807) is 29.7 Å². The number of amides is 1. The van der Waals surface area contributed by atoms with Crippen molar-refractivity contribution in [2.24, 2.45) is 0 Å². The summed E-state index contributed by atoms with van der Waals surface area (Å²) in [5.74, 6) is 1.79. The van der Waals surface area contributed by atoms with Crippen molar-refractivity contribution in [1.82, 2.24) is 4.98 Å². The molecule has 2 N–H and O–H groups in total. The lowest BCUT2D eigenvalue weighted by molar-refractivity contribution is 0.102. The van der Waals surface area contributed by atoms with Gasteiger partial charge in [-0.1, -0.05) is 36.4 Å². The second-order valence-electron chi connectivity index (χ2n) is 7.40. The number of thiophene rings is 1. The molecule has 0 saturated carbocycles. The number of pyridine rings is 1. The molecule has 0 radical (unpaired) electrons. The molecule has 0 bridgehead atoms. The van der Waals surface area contributed by atoms with Crippen LogP contribution in [0.4, 0.5) is 11.5 Å². The van der Waals surface area contributed by atoms with Crippen LogP contribution in [0.3, 0.4) is 0 Å². The summed E-state index contributed by atoms with van der Waals surface area (Å²) in [6.45, 7) is 0.590. The van der Waals surface area contributed by atoms with E-state index in [1.807, 2.05) is 66.7 Å². The molecule has 5 aromatic rings. The highest BCUT2D eigenvalue weighted by molar-refractivity contribution is 7.17. The second-order valence-corrected chi connectivity index (χ2v) is 8.32. The van der Waals surface area contributed by atoms with E-state index < -0.39 is 0 Å². The minimum atomic E-state index is -0.225. The summed E-state index contributed by atoms with van der Waals surface area (Å²) in [5, 5.41) is 9.62. The fourth-order valence-electron chi connectivity index (χ4n) is 3.51. The van der Waals surface area contributed by atoms with Gasteiger partial charge in [0.05, 0.1) is 5.56 Å². The molecule has 0 aliphatic rings. The van der Waals surface area contributed by atoms with Crippen LogP contribution in [-0.4, -0.2) is 10.9 Å². The highest BCUT2D eigenvalue weighted by Crippen LogP contribution is 2.27. The third-order valence-corrected chi connectivity index (χ3v) is 6.16. The Bertz CT molecular complexity index is 1380. The van der Waals surface area contributed by atoms with Crippen molar-refractivity contribution in [2.75, 3.05) is 10.6 Å². The minimum Gasteiger partial charge on any atom is -0.457 e. The average Bonchev–Trinajstić information content (AvgIpc) is 3.28. The summed E-state index contributed by atoms with van der Waals surface area (Å²) in [5.41, 5.74) is 2.35. The summed E-state index contributed by atoms with van der Waals surface area (Å²) < 4.78 is 7.05. The van der Waals surface area contributed by atoms with Gasteiger partial charge in [-0.05, 0) is 70.9 Å². The van der Waals surface area contributed by atoms with Crippen molar-refractivity contribution in [1.29, 1.82) is 0 Å². The van der Waals surface area contributed by atoms with Gasteiger partial charge < -0.3 is 15.4 Å². The first-order chi connectivity index (χ1) is 16.3. The maximum absolute atomic E-state index is 13.0. The summed E-state index contributed by atoms with van der Waals surface area (Å²) in [4.78, 5) is 17.4. The predicted molar refractivity (Wildman–Crippen MR) is 134 cm³/mol. The van der Waals surface area contributed by atoms with E-state index in [-0.39, 0.29) is 5.91 Å². The van der Waals surface area contributed by atoms with E-state index in [0.717, 1.165) is 5.75 Å². The first kappa shape index (κ1) is 20.7. The molecule has 0 aliphatic carbocycles. The summed E-state index contributed by atoms with van der Waals surface area (Å²) in [7, 11) is 0. The topological polar surface area (TPSA) is 63.2 Å². The Morgan fingerprint density at radius 1 is 0.848 bits per heavy atom. The number of nitrogens with one attached hydrogen (secondary N) is 2. The Hall–Kier alpha value is -4.16. The van der Waals surface area contributed by atoms with E-state index in [4.69, 9.17) is 4.74 Å². The van der Waals surface area contributed by atoms with Crippen molar-refractivity contribution >= 4 is 38.8 Å². The van der Waals surface area contributed by atoms with Crippen LogP contribution < -0.4 is 15.4 Å². The van der Waals surface area contributed by atoms with E-state index in [9.17, 15) is 4.79 Å². The lowest BCUT2D eigenvalue weighted by Crippen LogP contribution is -2.15. The molecular formula is C27H21N3O2S. The molecule has 5 rings (SSSR count). The number of fused-ring (bicyclic) bond motifs is 1. The number of hydrogen-bond donors (Lipinski definition) is 2. The first-order valence-corrected chi connectivity index (χ1v) is 11.4. The Kier molecular flexibility index (Phi) is 5.99. The van der Waals surface area contributed by atoms with Gasteiger partial charge in [0.2, 0.25) is 0 Å². The molecule has 5 nitrogen and oxygen atoms in total. The SMILES string of the molecule is O=C(Nc1ccc(Oc2ccccc2)cc1)c1cccnc1NCc1csc2ccccc12. The van der Waals surface area contributed by atoms with E-state index in [0.29, 0.717) is 29.4 Å². The fraction of sp³-hybridized carbons (Fsp3) is 0.0370. The monoisotopic (exact) mass is 451 g/mol. The Balaban J connectivity index is 1.26. The molecule has 33 heavy (non-hydrogen) atoms. The molecule has 0 atom stereocenters. The number of ether oxygens (including phenoxy) is 1. The van der Waals surface area contributed by atoms with Gasteiger partial charge in [0.1, 0.15) is 17.3 Å². The predicted octanol–water partition coefficient (Wildman–Crippen LogP) is 6.95. The largest absolute Gasteiger partial charge is 0.457 e. The van der Waals surface area contributed by atoms with Crippen LogP contribution in [0, 0.1) is 0 Å². The van der Waals surface area contributed by atoms with E-state index in [2.05, 4.69) is 33.1 Å². The van der Waals surface area contributed by atoms with Gasteiger partial charge in [0.25, 0.3) is 5.91 Å². The summed E-state index contributed by atoms with van der Waals surface area (Å²) in [6.07, 6.45) is 1.68. The number of anilines is 2. The molecular weight excluding hydrogens is 430 g/mol. The van der Waals surface area contributed by atoms with E-state index in [1.165, 1.54) is 15.6 Å². The number of benzene rings is 3. The first-order valence-electron chi connectivity index (χ1n) is 10.5. The molecule has 0 spiro atoms. The van der Waals surface area contributed by atoms with Crippen molar-refractivity contribution in [3.05, 3.63) is 114 Å². The van der Waals surface area contributed by atoms with Crippen LogP contribution >= 0.6 is 11.3 Å². The smallest absolute Gasteiger partial charge is 0.259 e. The number of hydrogen-bond acceptors (Lipinski definition) is 5. The number of para-hydroxylation sites is 1. The van der Waals surface area contributed by atoms with Gasteiger partial charge in [-0.25, -0.2) is 4.98 Å². The number of aromatic nitrogens is 1. The minimum absolute atomic E-state index is 0.225. The highest BCUT2D eigenvalue weighted by atomic mass is 32.1. The molecule has 0 aliphatic heterocycles. The van der Waals surface area contributed by atoms with Gasteiger partial charge in [-0.2, -0.15) is 0 Å². The zero-order chi connectivity index (χ0) is 22.5. The quantitative estimate of drug-likeness (QED) is 0.281. The van der Waals surface area contributed by atoms with Crippen molar-refractivity contribution in [3.8, 4) is 11.5 Å². The molecule has 2 aromatic heterocycles. The molecule has 1 amide bonds. The fourth-order valence-corrected chi connectivity index (χ4v) is 4.47. The van der Waals surface area contributed by atoms with Gasteiger partial charge in [-0.3, -0.25) is 4.79 Å². The summed E-state index contributed by atoms with van der Waals surface area (Å²) >= 11 is 1.71. The molecule has 0 fully saturated rings. The van der Waals surface area contributed by atoms with Crippen LogP contribution in [0.25, 0.3) is 10.1 Å². The Labute approximate surface area is 195 Å². The Morgan fingerprint density at radius 3 is 2.45 bits per heavy atom. The van der Waals surface area contributed by atoms with Crippen LogP contribution in [-0.2, 0) is 6.54 Å². The van der Waals surface area contributed by atoms with Crippen molar-refractivity contribution < 1.29 is 9.53 Å². The molecule has 6 heteroatoms. The van der Waals surface area contributed by atoms with Crippen LogP contribution in [0.2, 0.25) is 0 Å². The molecule has 0 unspecified atom stereocenters. The highest BCUT2D eigenvalue weighted by Gasteiger charge is 2.13. The molecule has 3 aromatic carbocycles. The number of carbonyl (C=O) groups is 1. The third-order valence-electron chi connectivity index (χ3n) is 5.15. The van der Waals surface area contributed by atoms with Crippen LogP contribution in [0.1, 0.15) is 15.9 Å². The maximum atomic E-state index is 13.0. The van der Waals surface area contributed by atoms with Crippen molar-refractivity contribution in [2.45, 2.75) is 6.54 Å². The lowest BCUT2D eigenvalue weighted by atomic mass is 10.1. The summed E-state index contributed by atoms with van der Waals surface area (Å²) in [6, 6.07) is 28.7. The van der Waals surface area contributed by atoms with Gasteiger partial charge in [0, 0.05) is 23.1 Å². The zero-order valence-corrected chi connectivity index (χ0v) is 18.5. The lowest BCUT2D eigenvalue weighted by Gasteiger charge is -2.12.